The Hall–Kier alpha value is -3.64. The molecule has 156 valence electrons. The first-order valence-electron chi connectivity index (χ1n) is 9.61. The van der Waals surface area contributed by atoms with Gasteiger partial charge in [-0.2, -0.15) is 5.10 Å². The van der Waals surface area contributed by atoms with E-state index in [0.29, 0.717) is 29.4 Å². The molecule has 1 heterocycles. The van der Waals surface area contributed by atoms with E-state index in [2.05, 4.69) is 10.4 Å². The van der Waals surface area contributed by atoms with Crippen LogP contribution in [0.25, 0.3) is 0 Å². The lowest BCUT2D eigenvalue weighted by Crippen LogP contribution is -2.11. The third kappa shape index (κ3) is 5.71. The summed E-state index contributed by atoms with van der Waals surface area (Å²) in [5.74, 6) is 0.192. The van der Waals surface area contributed by atoms with E-state index in [1.165, 1.54) is 12.1 Å². The summed E-state index contributed by atoms with van der Waals surface area (Å²) >= 11 is 5.86. The second-order valence-electron chi connectivity index (χ2n) is 6.95. The predicted octanol–water partition coefficient (Wildman–Crippen LogP) is 5.56. The Balaban J connectivity index is 1.32. The summed E-state index contributed by atoms with van der Waals surface area (Å²) in [7, 11) is 0. The SMILES string of the molecule is O=C(Nc1cnn(Cc2cccc(F)c2)c1)c1ccc(COc2ccc(Cl)cc2)cc1. The molecule has 0 spiro atoms. The minimum Gasteiger partial charge on any atom is -0.489 e. The fourth-order valence-corrected chi connectivity index (χ4v) is 3.12. The molecule has 0 aliphatic heterocycles. The summed E-state index contributed by atoms with van der Waals surface area (Å²) in [6.07, 6.45) is 3.27. The highest BCUT2D eigenvalue weighted by atomic mass is 35.5. The van der Waals surface area contributed by atoms with Crippen molar-refractivity contribution in [3.05, 3.63) is 113 Å². The van der Waals surface area contributed by atoms with Crippen LogP contribution in [0.2, 0.25) is 5.02 Å². The Bertz CT molecular complexity index is 1170. The van der Waals surface area contributed by atoms with Gasteiger partial charge in [-0.3, -0.25) is 9.48 Å². The number of rotatable bonds is 7. The third-order valence-corrected chi connectivity index (χ3v) is 4.81. The Morgan fingerprint density at radius 1 is 1.03 bits per heavy atom. The topological polar surface area (TPSA) is 56.2 Å². The zero-order valence-electron chi connectivity index (χ0n) is 16.5. The maximum Gasteiger partial charge on any atom is 0.255 e. The van der Waals surface area contributed by atoms with Gasteiger partial charge in [0.1, 0.15) is 18.2 Å². The molecule has 5 nitrogen and oxygen atoms in total. The van der Waals surface area contributed by atoms with Gasteiger partial charge < -0.3 is 10.1 Å². The number of ether oxygens (including phenoxy) is 1. The summed E-state index contributed by atoms with van der Waals surface area (Å²) in [6, 6.07) is 20.6. The fraction of sp³-hybridized carbons (Fsp3) is 0.0833. The Morgan fingerprint density at radius 3 is 2.55 bits per heavy atom. The van der Waals surface area contributed by atoms with Gasteiger partial charge in [0.25, 0.3) is 5.91 Å². The van der Waals surface area contributed by atoms with Gasteiger partial charge in [0, 0.05) is 16.8 Å². The Kier molecular flexibility index (Phi) is 6.29. The molecule has 0 aliphatic carbocycles. The number of carbonyl (C=O) groups is 1. The van der Waals surface area contributed by atoms with Crippen LogP contribution in [0.15, 0.2) is 85.2 Å². The highest BCUT2D eigenvalue weighted by molar-refractivity contribution is 6.30. The number of hydrogen-bond acceptors (Lipinski definition) is 3. The number of aromatic nitrogens is 2. The summed E-state index contributed by atoms with van der Waals surface area (Å²) in [6.45, 7) is 0.798. The number of nitrogens with zero attached hydrogens (tertiary/aromatic N) is 2. The van der Waals surface area contributed by atoms with Crippen molar-refractivity contribution in [2.24, 2.45) is 0 Å². The summed E-state index contributed by atoms with van der Waals surface area (Å²) in [4.78, 5) is 12.5. The van der Waals surface area contributed by atoms with E-state index in [9.17, 15) is 9.18 Å². The highest BCUT2D eigenvalue weighted by Gasteiger charge is 2.08. The first-order valence-corrected chi connectivity index (χ1v) is 9.98. The van der Waals surface area contributed by atoms with Crippen molar-refractivity contribution in [1.82, 2.24) is 9.78 Å². The van der Waals surface area contributed by atoms with Crippen LogP contribution in [0.5, 0.6) is 5.75 Å². The average Bonchev–Trinajstić information content (AvgIpc) is 3.20. The standard InChI is InChI=1S/C24H19ClFN3O2/c25-20-8-10-23(11-9-20)31-16-17-4-6-19(7-5-17)24(30)28-22-13-27-29(15-22)14-18-2-1-3-21(26)12-18/h1-13,15H,14,16H2,(H,28,30). The molecule has 0 saturated carbocycles. The number of carbonyl (C=O) groups excluding carboxylic acids is 1. The maximum absolute atomic E-state index is 13.3. The zero-order valence-corrected chi connectivity index (χ0v) is 17.2. The lowest BCUT2D eigenvalue weighted by molar-refractivity contribution is 0.102. The van der Waals surface area contributed by atoms with Gasteiger partial charge >= 0.3 is 0 Å². The number of benzene rings is 3. The number of halogens is 2. The minimum atomic E-state index is -0.291. The normalized spacial score (nSPS) is 10.6. The van der Waals surface area contributed by atoms with Crippen LogP contribution in [0.4, 0.5) is 10.1 Å². The largest absolute Gasteiger partial charge is 0.489 e. The summed E-state index contributed by atoms with van der Waals surface area (Å²) in [5.41, 5.74) is 2.82. The van der Waals surface area contributed by atoms with Gasteiger partial charge in [0.15, 0.2) is 0 Å². The first kappa shape index (κ1) is 20.6. The number of nitrogens with one attached hydrogen (secondary N) is 1. The third-order valence-electron chi connectivity index (χ3n) is 4.56. The molecule has 1 N–H and O–H groups in total. The number of amides is 1. The molecular weight excluding hydrogens is 417 g/mol. The van der Waals surface area contributed by atoms with Crippen molar-refractivity contribution < 1.29 is 13.9 Å². The number of anilines is 1. The summed E-state index contributed by atoms with van der Waals surface area (Å²) in [5, 5.41) is 7.69. The molecule has 0 bridgehead atoms. The van der Waals surface area contributed by atoms with Gasteiger partial charge in [-0.1, -0.05) is 35.9 Å². The van der Waals surface area contributed by atoms with Crippen LogP contribution in [-0.2, 0) is 13.2 Å². The molecule has 4 rings (SSSR count). The lowest BCUT2D eigenvalue weighted by Gasteiger charge is -2.07. The van der Waals surface area contributed by atoms with Gasteiger partial charge in [0.05, 0.1) is 18.4 Å². The second-order valence-corrected chi connectivity index (χ2v) is 7.39. The van der Waals surface area contributed by atoms with Crippen LogP contribution >= 0.6 is 11.6 Å². The summed E-state index contributed by atoms with van der Waals surface area (Å²) < 4.78 is 20.7. The number of hydrogen-bond donors (Lipinski definition) is 1. The van der Waals surface area contributed by atoms with E-state index < -0.39 is 0 Å². The first-order chi connectivity index (χ1) is 15.0. The fourth-order valence-electron chi connectivity index (χ4n) is 2.99. The van der Waals surface area contributed by atoms with Crippen molar-refractivity contribution in [3.63, 3.8) is 0 Å². The lowest BCUT2D eigenvalue weighted by atomic mass is 10.1. The van der Waals surface area contributed by atoms with Gasteiger partial charge in [-0.25, -0.2) is 4.39 Å². The van der Waals surface area contributed by atoms with Crippen molar-refractivity contribution in [3.8, 4) is 5.75 Å². The van der Waals surface area contributed by atoms with E-state index >= 15 is 0 Å². The van der Waals surface area contributed by atoms with Crippen LogP contribution in [-0.4, -0.2) is 15.7 Å². The second kappa shape index (κ2) is 9.45. The smallest absolute Gasteiger partial charge is 0.255 e. The molecule has 1 aromatic heterocycles. The molecule has 7 heteroatoms. The Labute approximate surface area is 184 Å². The maximum atomic E-state index is 13.3. The molecule has 3 aromatic carbocycles. The van der Waals surface area contributed by atoms with Crippen LogP contribution in [0, 0.1) is 5.82 Å². The van der Waals surface area contributed by atoms with Gasteiger partial charge in [0.2, 0.25) is 0 Å². The van der Waals surface area contributed by atoms with Crippen LogP contribution in [0.3, 0.4) is 0 Å². The van der Waals surface area contributed by atoms with E-state index in [1.807, 2.05) is 18.2 Å². The minimum absolute atomic E-state index is 0.240. The molecule has 0 atom stereocenters. The van der Waals surface area contributed by atoms with E-state index in [1.54, 1.807) is 59.5 Å². The Morgan fingerprint density at radius 2 is 1.81 bits per heavy atom. The van der Waals surface area contributed by atoms with Crippen LogP contribution in [0.1, 0.15) is 21.5 Å². The molecule has 31 heavy (non-hydrogen) atoms. The molecule has 0 unspecified atom stereocenters. The molecule has 0 aliphatic rings. The van der Waals surface area contributed by atoms with Crippen molar-refractivity contribution in [1.29, 1.82) is 0 Å². The molecule has 0 fully saturated rings. The molecule has 1 amide bonds. The average molecular weight is 436 g/mol. The van der Waals surface area contributed by atoms with Gasteiger partial charge in [-0.05, 0) is 59.7 Å². The molecule has 0 radical (unpaired) electrons. The van der Waals surface area contributed by atoms with E-state index in [-0.39, 0.29) is 11.7 Å². The van der Waals surface area contributed by atoms with E-state index in [4.69, 9.17) is 16.3 Å². The van der Waals surface area contributed by atoms with Crippen molar-refractivity contribution >= 4 is 23.2 Å². The molecule has 4 aromatic rings. The van der Waals surface area contributed by atoms with Crippen molar-refractivity contribution in [2.75, 3.05) is 5.32 Å². The zero-order chi connectivity index (χ0) is 21.6. The van der Waals surface area contributed by atoms with Crippen LogP contribution < -0.4 is 10.1 Å². The predicted molar refractivity (Wildman–Crippen MR) is 118 cm³/mol. The molecular formula is C24H19ClFN3O2. The monoisotopic (exact) mass is 435 g/mol. The van der Waals surface area contributed by atoms with E-state index in [0.717, 1.165) is 16.9 Å². The highest BCUT2D eigenvalue weighted by Crippen LogP contribution is 2.17. The van der Waals surface area contributed by atoms with Gasteiger partial charge in [-0.15, -0.1) is 0 Å². The molecule has 0 saturated heterocycles. The van der Waals surface area contributed by atoms with Crippen molar-refractivity contribution in [2.45, 2.75) is 13.2 Å². The quantitative estimate of drug-likeness (QED) is 0.413.